The van der Waals surface area contributed by atoms with Crippen molar-refractivity contribution >= 4 is 23.2 Å². The van der Waals surface area contributed by atoms with E-state index in [1.807, 2.05) is 11.0 Å². The molecule has 1 fully saturated rings. The number of benzene rings is 1. The van der Waals surface area contributed by atoms with Gasteiger partial charge in [0, 0.05) is 32.4 Å². The Balaban J connectivity index is 1.40. The number of aromatic nitrogens is 3. The average molecular weight is 444 g/mol. The van der Waals surface area contributed by atoms with Gasteiger partial charge in [0.1, 0.15) is 0 Å². The minimum absolute atomic E-state index is 0.247. The van der Waals surface area contributed by atoms with Gasteiger partial charge in [0.05, 0.1) is 24.6 Å². The molecule has 32 heavy (non-hydrogen) atoms. The molecule has 0 radical (unpaired) electrons. The van der Waals surface area contributed by atoms with E-state index < -0.39 is 34.7 Å². The first-order valence-electron chi connectivity index (χ1n) is 9.74. The smallest absolute Gasteiger partial charge is 0.257 e. The Morgan fingerprint density at radius 3 is 2.47 bits per heavy atom. The molecule has 1 aliphatic rings. The van der Waals surface area contributed by atoms with Crippen molar-refractivity contribution in [3.8, 4) is 5.75 Å². The number of rotatable bonds is 5. The molecule has 1 aromatic carbocycles. The Kier molecular flexibility index (Phi) is 6.06. The Hall–Kier alpha value is -3.89. The average Bonchev–Trinajstić information content (AvgIpc) is 2.83. The molecule has 1 saturated heterocycles. The van der Waals surface area contributed by atoms with E-state index in [0.29, 0.717) is 30.8 Å². The van der Waals surface area contributed by atoms with Crippen molar-refractivity contribution in [2.75, 3.05) is 43.5 Å². The number of nitrogens with one attached hydrogen (secondary N) is 1. The lowest BCUT2D eigenvalue weighted by atomic mass is 10.1. The first kappa shape index (κ1) is 21.3. The van der Waals surface area contributed by atoms with E-state index in [1.54, 1.807) is 30.6 Å². The van der Waals surface area contributed by atoms with Crippen LogP contribution in [0.15, 0.2) is 42.7 Å². The normalized spacial score (nSPS) is 13.8. The quantitative estimate of drug-likeness (QED) is 0.606. The molecule has 0 saturated carbocycles. The van der Waals surface area contributed by atoms with Crippen molar-refractivity contribution in [3.63, 3.8) is 0 Å². The summed E-state index contributed by atoms with van der Waals surface area (Å²) in [7, 11) is 1.01. The van der Waals surface area contributed by atoms with Crippen LogP contribution in [0.3, 0.4) is 0 Å². The number of amides is 1. The number of hydrogen-bond acceptors (Lipinski definition) is 7. The van der Waals surface area contributed by atoms with E-state index in [0.717, 1.165) is 12.8 Å². The minimum atomic E-state index is -1.47. The van der Waals surface area contributed by atoms with Crippen molar-refractivity contribution in [2.24, 2.45) is 0 Å². The number of nitrogens with zero attached hydrogens (tertiary/aromatic N) is 5. The van der Waals surface area contributed by atoms with Gasteiger partial charge >= 0.3 is 0 Å². The monoisotopic (exact) mass is 444 g/mol. The maximum atomic E-state index is 14.4. The van der Waals surface area contributed by atoms with E-state index in [-0.39, 0.29) is 13.1 Å². The Morgan fingerprint density at radius 2 is 1.84 bits per heavy atom. The summed E-state index contributed by atoms with van der Waals surface area (Å²) < 4.78 is 46.4. The summed E-state index contributed by atoms with van der Waals surface area (Å²) in [5.41, 5.74) is 0.211. The first-order valence-corrected chi connectivity index (χ1v) is 9.74. The van der Waals surface area contributed by atoms with Gasteiger partial charge < -0.3 is 19.9 Å². The second-order valence-corrected chi connectivity index (χ2v) is 6.99. The van der Waals surface area contributed by atoms with Crippen molar-refractivity contribution in [1.82, 2.24) is 20.1 Å². The molecule has 0 spiro atoms. The summed E-state index contributed by atoms with van der Waals surface area (Å²) >= 11 is 0. The van der Waals surface area contributed by atoms with Gasteiger partial charge in [-0.2, -0.15) is 4.39 Å². The molecule has 166 valence electrons. The van der Waals surface area contributed by atoms with E-state index in [1.165, 1.54) is 4.90 Å². The number of piperazine rings is 1. The lowest BCUT2D eigenvalue weighted by Gasteiger charge is -2.35. The van der Waals surface area contributed by atoms with E-state index in [4.69, 9.17) is 0 Å². The summed E-state index contributed by atoms with van der Waals surface area (Å²) in [5.74, 6) is -4.51. The molecule has 1 aliphatic heterocycles. The molecule has 4 rings (SSSR count). The molecule has 0 aliphatic carbocycles. The molecule has 11 heteroatoms. The van der Waals surface area contributed by atoms with E-state index in [9.17, 15) is 18.0 Å². The Bertz CT molecular complexity index is 1110. The van der Waals surface area contributed by atoms with Gasteiger partial charge in [-0.1, -0.05) is 0 Å². The van der Waals surface area contributed by atoms with Crippen molar-refractivity contribution in [3.05, 3.63) is 65.7 Å². The molecule has 0 bridgehead atoms. The topological polar surface area (TPSA) is 83.5 Å². The fourth-order valence-corrected chi connectivity index (χ4v) is 3.37. The highest BCUT2D eigenvalue weighted by atomic mass is 19.2. The number of ether oxygens (including phenoxy) is 1. The molecule has 0 unspecified atom stereocenters. The van der Waals surface area contributed by atoms with Crippen LogP contribution in [-0.2, 0) is 0 Å². The van der Waals surface area contributed by atoms with Crippen molar-refractivity contribution < 1.29 is 22.7 Å². The highest BCUT2D eigenvalue weighted by Crippen LogP contribution is 2.28. The molecular formula is C21H19F3N6O2. The van der Waals surface area contributed by atoms with Gasteiger partial charge in [0.15, 0.2) is 29.0 Å². The number of carbonyl (C=O) groups excluding carboxylic acids is 1. The number of hydrogen-bond donors (Lipinski definition) is 1. The number of halogens is 3. The van der Waals surface area contributed by atoms with Crippen LogP contribution in [0.1, 0.15) is 10.4 Å². The van der Waals surface area contributed by atoms with Crippen molar-refractivity contribution in [1.29, 1.82) is 0 Å². The molecule has 8 nitrogen and oxygen atoms in total. The summed E-state index contributed by atoms with van der Waals surface area (Å²) in [6.07, 6.45) is 3.33. The molecule has 2 aromatic heterocycles. The lowest BCUT2D eigenvalue weighted by molar-refractivity contribution is 0.0740. The maximum absolute atomic E-state index is 14.4. The SMILES string of the molecule is COc1c(F)c(F)cc(C(=O)N2CCN(c3ccc(Nc4cccnc4)nn3)CC2)c1F. The standard InChI is InChI=1S/C21H19F3N6O2/c1-32-20-18(23)14(11-15(22)19(20)24)21(31)30-9-7-29(8-10-30)17-5-4-16(27-28-17)26-13-3-2-6-25-12-13/h2-6,11-12H,7-10H2,1H3,(H,26,27). The molecule has 0 atom stereocenters. The van der Waals surface area contributed by atoms with Crippen LogP contribution in [0.25, 0.3) is 0 Å². The Morgan fingerprint density at radius 1 is 1.06 bits per heavy atom. The van der Waals surface area contributed by atoms with Crippen LogP contribution in [0.2, 0.25) is 0 Å². The van der Waals surface area contributed by atoms with Crippen LogP contribution in [0.4, 0.5) is 30.5 Å². The van der Waals surface area contributed by atoms with Gasteiger partial charge in [-0.15, -0.1) is 10.2 Å². The molecule has 1 amide bonds. The highest BCUT2D eigenvalue weighted by molar-refractivity contribution is 5.95. The number of carbonyl (C=O) groups is 1. The van der Waals surface area contributed by atoms with E-state index in [2.05, 4.69) is 25.2 Å². The maximum Gasteiger partial charge on any atom is 0.257 e. The summed E-state index contributed by atoms with van der Waals surface area (Å²) in [4.78, 5) is 20.0. The molecular weight excluding hydrogens is 425 g/mol. The number of pyridine rings is 1. The first-order chi connectivity index (χ1) is 15.5. The summed E-state index contributed by atoms with van der Waals surface area (Å²) in [6, 6.07) is 7.78. The van der Waals surface area contributed by atoms with Gasteiger partial charge in [-0.3, -0.25) is 9.78 Å². The van der Waals surface area contributed by atoms with Crippen LogP contribution < -0.4 is 15.0 Å². The molecule has 1 N–H and O–H groups in total. The predicted octanol–water partition coefficient (Wildman–Crippen LogP) is 3.00. The zero-order valence-corrected chi connectivity index (χ0v) is 17.1. The lowest BCUT2D eigenvalue weighted by Crippen LogP contribution is -2.49. The second-order valence-electron chi connectivity index (χ2n) is 6.99. The molecule has 3 heterocycles. The third-order valence-corrected chi connectivity index (χ3v) is 5.03. The summed E-state index contributed by atoms with van der Waals surface area (Å²) in [6.45, 7) is 1.32. The summed E-state index contributed by atoms with van der Waals surface area (Å²) in [5, 5.41) is 11.4. The number of anilines is 3. The predicted molar refractivity (Wildman–Crippen MR) is 111 cm³/mol. The molecule has 3 aromatic rings. The Labute approximate surface area is 181 Å². The third kappa shape index (κ3) is 4.27. The largest absolute Gasteiger partial charge is 0.491 e. The van der Waals surface area contributed by atoms with Gasteiger partial charge in [-0.25, -0.2) is 8.78 Å². The fourth-order valence-electron chi connectivity index (χ4n) is 3.37. The van der Waals surface area contributed by atoms with Gasteiger partial charge in [-0.05, 0) is 30.3 Å². The highest BCUT2D eigenvalue weighted by Gasteiger charge is 2.29. The van der Waals surface area contributed by atoms with Crippen LogP contribution in [0.5, 0.6) is 5.75 Å². The van der Waals surface area contributed by atoms with Gasteiger partial charge in [0.2, 0.25) is 5.82 Å². The zero-order valence-electron chi connectivity index (χ0n) is 17.1. The minimum Gasteiger partial charge on any atom is -0.491 e. The number of methoxy groups -OCH3 is 1. The zero-order chi connectivity index (χ0) is 22.7. The fraction of sp³-hybridized carbons (Fsp3) is 0.238. The van der Waals surface area contributed by atoms with Crippen molar-refractivity contribution in [2.45, 2.75) is 0 Å². The van der Waals surface area contributed by atoms with Crippen LogP contribution in [0, 0.1) is 17.5 Å². The third-order valence-electron chi connectivity index (χ3n) is 5.03. The van der Waals surface area contributed by atoms with E-state index >= 15 is 0 Å². The van der Waals surface area contributed by atoms with Gasteiger partial charge in [0.25, 0.3) is 5.91 Å². The van der Waals surface area contributed by atoms with Crippen LogP contribution in [-0.4, -0.2) is 59.3 Å². The van der Waals surface area contributed by atoms with Crippen LogP contribution >= 0.6 is 0 Å². The second kappa shape index (κ2) is 9.08.